The molecule has 0 aliphatic heterocycles. The largest absolute Gasteiger partial charge is 0.492 e. The van der Waals surface area contributed by atoms with Crippen molar-refractivity contribution >= 4 is 5.91 Å². The summed E-state index contributed by atoms with van der Waals surface area (Å²) in [5.74, 6) is 0.257. The molecule has 28 heavy (non-hydrogen) atoms. The second kappa shape index (κ2) is 9.17. The van der Waals surface area contributed by atoms with Gasteiger partial charge in [-0.2, -0.15) is 5.10 Å². The van der Waals surface area contributed by atoms with Crippen LogP contribution in [0.25, 0.3) is 5.69 Å². The van der Waals surface area contributed by atoms with E-state index in [2.05, 4.69) is 10.4 Å². The van der Waals surface area contributed by atoms with Gasteiger partial charge >= 0.3 is 0 Å². The highest BCUT2D eigenvalue weighted by Gasteiger charge is 2.05. The third kappa shape index (κ3) is 5.42. The lowest BCUT2D eigenvalue weighted by molar-refractivity contribution is -0.121. The van der Waals surface area contributed by atoms with E-state index in [1.807, 2.05) is 48.9 Å². The molecule has 1 aromatic heterocycles. The number of aryl methyl sites for hydroxylation is 3. The van der Waals surface area contributed by atoms with Gasteiger partial charge in [-0.25, -0.2) is 9.07 Å². The van der Waals surface area contributed by atoms with E-state index in [1.54, 1.807) is 12.1 Å². The summed E-state index contributed by atoms with van der Waals surface area (Å²) in [5.41, 5.74) is 4.19. The standard InChI is InChI=1S/C22H24FN3O2/c1-16-15-17(2)26(25-16)20-8-3-18(4-9-20)5-12-22(27)24-13-14-28-21-10-6-19(23)7-11-21/h3-4,6-11,15H,5,12-14H2,1-2H3,(H,24,27). The van der Waals surface area contributed by atoms with Gasteiger partial charge in [-0.3, -0.25) is 4.79 Å². The monoisotopic (exact) mass is 381 g/mol. The van der Waals surface area contributed by atoms with Gasteiger partial charge < -0.3 is 10.1 Å². The summed E-state index contributed by atoms with van der Waals surface area (Å²) in [6, 6.07) is 15.9. The Balaban J connectivity index is 1.39. The third-order valence-corrected chi connectivity index (χ3v) is 4.34. The first-order valence-electron chi connectivity index (χ1n) is 9.29. The van der Waals surface area contributed by atoms with Gasteiger partial charge in [0, 0.05) is 12.1 Å². The van der Waals surface area contributed by atoms with E-state index in [0.29, 0.717) is 31.7 Å². The van der Waals surface area contributed by atoms with Crippen LogP contribution >= 0.6 is 0 Å². The van der Waals surface area contributed by atoms with E-state index in [-0.39, 0.29) is 11.7 Å². The Hall–Kier alpha value is -3.15. The molecule has 0 fully saturated rings. The molecular formula is C22H24FN3O2. The molecule has 6 heteroatoms. The molecule has 1 heterocycles. The molecule has 3 rings (SSSR count). The van der Waals surface area contributed by atoms with Gasteiger partial charge in [0.15, 0.2) is 0 Å². The van der Waals surface area contributed by atoms with E-state index >= 15 is 0 Å². The quantitative estimate of drug-likeness (QED) is 0.605. The Labute approximate surface area is 164 Å². The Morgan fingerprint density at radius 2 is 1.82 bits per heavy atom. The summed E-state index contributed by atoms with van der Waals surface area (Å²) in [4.78, 5) is 12.0. The van der Waals surface area contributed by atoms with Crippen molar-refractivity contribution in [2.75, 3.05) is 13.2 Å². The lowest BCUT2D eigenvalue weighted by Gasteiger charge is -2.08. The van der Waals surface area contributed by atoms with Gasteiger partial charge in [-0.05, 0) is 68.3 Å². The molecule has 0 unspecified atom stereocenters. The van der Waals surface area contributed by atoms with Crippen LogP contribution in [0.5, 0.6) is 5.75 Å². The molecule has 1 N–H and O–H groups in total. The highest BCUT2D eigenvalue weighted by atomic mass is 19.1. The van der Waals surface area contributed by atoms with Crippen LogP contribution in [-0.2, 0) is 11.2 Å². The Kier molecular flexibility index (Phi) is 6.42. The van der Waals surface area contributed by atoms with Crippen molar-refractivity contribution in [1.82, 2.24) is 15.1 Å². The first-order chi connectivity index (χ1) is 13.5. The number of amides is 1. The molecule has 0 aliphatic carbocycles. The number of rotatable bonds is 8. The first kappa shape index (κ1) is 19.6. The normalized spacial score (nSPS) is 10.7. The average Bonchev–Trinajstić information content (AvgIpc) is 3.03. The second-order valence-electron chi connectivity index (χ2n) is 6.66. The maximum Gasteiger partial charge on any atom is 0.220 e. The molecule has 0 radical (unpaired) electrons. The van der Waals surface area contributed by atoms with Gasteiger partial charge in [0.25, 0.3) is 0 Å². The Morgan fingerprint density at radius 1 is 1.11 bits per heavy atom. The minimum absolute atomic E-state index is 0.0228. The van der Waals surface area contributed by atoms with Gasteiger partial charge in [0.1, 0.15) is 18.2 Å². The molecule has 1 amide bonds. The smallest absolute Gasteiger partial charge is 0.220 e. The highest BCUT2D eigenvalue weighted by molar-refractivity contribution is 5.76. The lowest BCUT2D eigenvalue weighted by Crippen LogP contribution is -2.28. The number of nitrogens with one attached hydrogen (secondary N) is 1. The van der Waals surface area contributed by atoms with Crippen molar-refractivity contribution in [2.24, 2.45) is 0 Å². The van der Waals surface area contributed by atoms with E-state index in [9.17, 15) is 9.18 Å². The van der Waals surface area contributed by atoms with Crippen LogP contribution in [0.15, 0.2) is 54.6 Å². The number of halogens is 1. The van der Waals surface area contributed by atoms with Gasteiger partial charge in [0.2, 0.25) is 5.91 Å². The summed E-state index contributed by atoms with van der Waals surface area (Å²) in [6.07, 6.45) is 1.08. The maximum atomic E-state index is 12.8. The summed E-state index contributed by atoms with van der Waals surface area (Å²) in [6.45, 7) is 4.75. The molecule has 0 aliphatic rings. The van der Waals surface area contributed by atoms with Crippen LogP contribution in [0, 0.1) is 19.7 Å². The molecule has 146 valence electrons. The van der Waals surface area contributed by atoms with Crippen molar-refractivity contribution in [2.45, 2.75) is 26.7 Å². The first-order valence-corrected chi connectivity index (χ1v) is 9.29. The van der Waals surface area contributed by atoms with E-state index in [1.165, 1.54) is 12.1 Å². The fourth-order valence-corrected chi connectivity index (χ4v) is 2.93. The zero-order chi connectivity index (χ0) is 19.9. The number of benzene rings is 2. The molecule has 3 aromatic rings. The zero-order valence-corrected chi connectivity index (χ0v) is 16.1. The van der Waals surface area contributed by atoms with E-state index in [4.69, 9.17) is 4.74 Å². The molecule has 0 atom stereocenters. The number of hydrogen-bond donors (Lipinski definition) is 1. The predicted octanol–water partition coefficient (Wildman–Crippen LogP) is 3.76. The highest BCUT2D eigenvalue weighted by Crippen LogP contribution is 2.14. The lowest BCUT2D eigenvalue weighted by atomic mass is 10.1. The summed E-state index contributed by atoms with van der Waals surface area (Å²) in [5, 5.41) is 7.30. The van der Waals surface area contributed by atoms with Crippen molar-refractivity contribution in [3.63, 3.8) is 0 Å². The van der Waals surface area contributed by atoms with Crippen LogP contribution in [0.4, 0.5) is 4.39 Å². The molecule has 0 bridgehead atoms. The number of carbonyl (C=O) groups excluding carboxylic acids is 1. The van der Waals surface area contributed by atoms with Crippen LogP contribution < -0.4 is 10.1 Å². The molecule has 0 saturated carbocycles. The van der Waals surface area contributed by atoms with Gasteiger partial charge in [-0.1, -0.05) is 12.1 Å². The van der Waals surface area contributed by atoms with Crippen LogP contribution in [0.3, 0.4) is 0 Å². The zero-order valence-electron chi connectivity index (χ0n) is 16.1. The van der Waals surface area contributed by atoms with E-state index in [0.717, 1.165) is 22.6 Å². The molecule has 2 aromatic carbocycles. The fourth-order valence-electron chi connectivity index (χ4n) is 2.93. The molecule has 5 nitrogen and oxygen atoms in total. The Bertz CT molecular complexity index is 918. The van der Waals surface area contributed by atoms with E-state index < -0.39 is 0 Å². The maximum absolute atomic E-state index is 12.8. The van der Waals surface area contributed by atoms with Crippen molar-refractivity contribution in [1.29, 1.82) is 0 Å². The topological polar surface area (TPSA) is 56.2 Å². The Morgan fingerprint density at radius 3 is 2.46 bits per heavy atom. The van der Waals surface area contributed by atoms with Crippen LogP contribution in [0.1, 0.15) is 23.4 Å². The number of ether oxygens (including phenoxy) is 1. The second-order valence-corrected chi connectivity index (χ2v) is 6.66. The predicted molar refractivity (Wildman–Crippen MR) is 106 cm³/mol. The summed E-state index contributed by atoms with van der Waals surface area (Å²) in [7, 11) is 0. The number of nitrogens with zero attached hydrogens (tertiary/aromatic N) is 2. The third-order valence-electron chi connectivity index (χ3n) is 4.34. The fraction of sp³-hybridized carbons (Fsp3) is 0.273. The van der Waals surface area contributed by atoms with Gasteiger partial charge in [0.05, 0.1) is 17.9 Å². The molecular weight excluding hydrogens is 357 g/mol. The van der Waals surface area contributed by atoms with Crippen LogP contribution in [0.2, 0.25) is 0 Å². The summed E-state index contributed by atoms with van der Waals surface area (Å²) < 4.78 is 20.2. The molecule has 0 spiro atoms. The van der Waals surface area contributed by atoms with Crippen LogP contribution in [-0.4, -0.2) is 28.8 Å². The van der Waals surface area contributed by atoms with Crippen molar-refractivity contribution in [3.8, 4) is 11.4 Å². The van der Waals surface area contributed by atoms with Crippen molar-refractivity contribution < 1.29 is 13.9 Å². The SMILES string of the molecule is Cc1cc(C)n(-c2ccc(CCC(=O)NCCOc3ccc(F)cc3)cc2)n1. The average molecular weight is 381 g/mol. The minimum atomic E-state index is -0.302. The number of aromatic nitrogens is 2. The minimum Gasteiger partial charge on any atom is -0.492 e. The van der Waals surface area contributed by atoms with Crippen molar-refractivity contribution in [3.05, 3.63) is 77.4 Å². The number of hydrogen-bond acceptors (Lipinski definition) is 3. The molecule has 0 saturated heterocycles. The van der Waals surface area contributed by atoms with Gasteiger partial charge in [-0.15, -0.1) is 0 Å². The summed E-state index contributed by atoms with van der Waals surface area (Å²) >= 11 is 0. The number of carbonyl (C=O) groups is 1.